The van der Waals surface area contributed by atoms with Crippen LogP contribution in [0.1, 0.15) is 44.2 Å². The van der Waals surface area contributed by atoms with Crippen molar-refractivity contribution in [3.05, 3.63) is 30.1 Å². The fourth-order valence-corrected chi connectivity index (χ4v) is 3.82. The van der Waals surface area contributed by atoms with Crippen LogP contribution in [0, 0.1) is 0 Å². The summed E-state index contributed by atoms with van der Waals surface area (Å²) in [5.41, 5.74) is 7.54. The smallest absolute Gasteiger partial charge is 0.0731 e. The summed E-state index contributed by atoms with van der Waals surface area (Å²) >= 11 is 0. The summed E-state index contributed by atoms with van der Waals surface area (Å²) < 4.78 is 5.98. The zero-order valence-corrected chi connectivity index (χ0v) is 12.2. The number of hydrogen-bond acceptors (Lipinski definition) is 4. The summed E-state index contributed by atoms with van der Waals surface area (Å²) in [5.74, 6) is 0. The number of nitrogens with zero attached hydrogens (tertiary/aromatic N) is 2. The van der Waals surface area contributed by atoms with Crippen LogP contribution in [0.25, 0.3) is 0 Å². The molecule has 0 amide bonds. The van der Waals surface area contributed by atoms with E-state index in [1.54, 1.807) is 0 Å². The number of pyridine rings is 1. The fraction of sp³-hybridized carbons (Fsp3) is 0.688. The second-order valence-corrected chi connectivity index (χ2v) is 6.09. The monoisotopic (exact) mass is 275 g/mol. The van der Waals surface area contributed by atoms with E-state index in [9.17, 15) is 0 Å². The number of rotatable bonds is 3. The van der Waals surface area contributed by atoms with Gasteiger partial charge in [0.1, 0.15) is 0 Å². The highest BCUT2D eigenvalue weighted by molar-refractivity contribution is 5.17. The Hall–Kier alpha value is -0.970. The Labute approximate surface area is 121 Å². The summed E-state index contributed by atoms with van der Waals surface area (Å²) in [4.78, 5) is 6.85. The van der Waals surface area contributed by atoms with Gasteiger partial charge < -0.3 is 10.5 Å². The van der Waals surface area contributed by atoms with Crippen LogP contribution in [0.3, 0.4) is 0 Å². The molecule has 2 heterocycles. The first-order valence-electron chi connectivity index (χ1n) is 7.80. The van der Waals surface area contributed by atoms with E-state index in [-0.39, 0.29) is 12.1 Å². The highest BCUT2D eigenvalue weighted by Gasteiger charge is 2.39. The SMILES string of the molecule is CC(N)C(c1cccnc1)N1CCOC2CCCCC21. The van der Waals surface area contributed by atoms with Crippen molar-refractivity contribution in [2.75, 3.05) is 13.2 Å². The first kappa shape index (κ1) is 14.0. The van der Waals surface area contributed by atoms with Crippen LogP contribution < -0.4 is 5.73 Å². The lowest BCUT2D eigenvalue weighted by molar-refractivity contribution is -0.106. The first-order chi connectivity index (χ1) is 9.77. The molecule has 2 fully saturated rings. The Morgan fingerprint density at radius 1 is 1.40 bits per heavy atom. The molecule has 3 rings (SSSR count). The highest BCUT2D eigenvalue weighted by Crippen LogP contribution is 2.35. The van der Waals surface area contributed by atoms with Gasteiger partial charge in [-0.15, -0.1) is 0 Å². The molecule has 0 spiro atoms. The van der Waals surface area contributed by atoms with E-state index >= 15 is 0 Å². The lowest BCUT2D eigenvalue weighted by atomic mass is 9.87. The summed E-state index contributed by atoms with van der Waals surface area (Å²) in [7, 11) is 0. The van der Waals surface area contributed by atoms with E-state index in [2.05, 4.69) is 22.9 Å². The molecule has 4 atom stereocenters. The van der Waals surface area contributed by atoms with Gasteiger partial charge >= 0.3 is 0 Å². The maximum atomic E-state index is 6.31. The standard InChI is InChI=1S/C16H25N3O/c1-12(17)16(13-5-4-8-18-11-13)19-9-10-20-15-7-3-2-6-14(15)19/h4-5,8,11-12,14-16H,2-3,6-7,9-10,17H2,1H3. The van der Waals surface area contributed by atoms with Gasteiger partial charge in [0.2, 0.25) is 0 Å². The van der Waals surface area contributed by atoms with Crippen molar-refractivity contribution in [2.45, 2.75) is 56.8 Å². The topological polar surface area (TPSA) is 51.4 Å². The minimum atomic E-state index is 0.0971. The fourth-order valence-electron chi connectivity index (χ4n) is 3.82. The Kier molecular flexibility index (Phi) is 4.34. The maximum Gasteiger partial charge on any atom is 0.0731 e. The van der Waals surface area contributed by atoms with E-state index in [1.165, 1.54) is 31.2 Å². The van der Waals surface area contributed by atoms with Crippen molar-refractivity contribution in [3.63, 3.8) is 0 Å². The molecule has 4 nitrogen and oxygen atoms in total. The lowest BCUT2D eigenvalue weighted by Gasteiger charge is -2.48. The Bertz CT molecular complexity index is 421. The molecule has 1 aromatic heterocycles. The van der Waals surface area contributed by atoms with Gasteiger partial charge in [-0.25, -0.2) is 0 Å². The van der Waals surface area contributed by atoms with Crippen LogP contribution in [0.2, 0.25) is 0 Å². The van der Waals surface area contributed by atoms with Crippen LogP contribution in [-0.2, 0) is 4.74 Å². The zero-order valence-electron chi connectivity index (χ0n) is 12.2. The number of ether oxygens (including phenoxy) is 1. The molecule has 1 aliphatic heterocycles. The predicted octanol–water partition coefficient (Wildman–Crippen LogP) is 2.11. The minimum Gasteiger partial charge on any atom is -0.375 e. The third kappa shape index (κ3) is 2.73. The van der Waals surface area contributed by atoms with Gasteiger partial charge in [0.05, 0.1) is 18.8 Å². The Balaban J connectivity index is 1.86. The molecule has 4 unspecified atom stereocenters. The third-order valence-electron chi connectivity index (χ3n) is 4.66. The lowest BCUT2D eigenvalue weighted by Crippen LogP contribution is -2.56. The van der Waals surface area contributed by atoms with Crippen molar-refractivity contribution in [1.29, 1.82) is 0 Å². The number of nitrogens with two attached hydrogens (primary N) is 1. The van der Waals surface area contributed by atoms with E-state index in [4.69, 9.17) is 10.5 Å². The van der Waals surface area contributed by atoms with Crippen molar-refractivity contribution in [3.8, 4) is 0 Å². The molecule has 0 bridgehead atoms. The molecule has 1 saturated heterocycles. The summed E-state index contributed by atoms with van der Waals surface area (Å²) in [6, 6.07) is 5.02. The number of morpholine rings is 1. The van der Waals surface area contributed by atoms with Crippen LogP contribution in [0.4, 0.5) is 0 Å². The van der Waals surface area contributed by atoms with Crippen LogP contribution in [-0.4, -0.2) is 41.2 Å². The Morgan fingerprint density at radius 3 is 3.00 bits per heavy atom. The van der Waals surface area contributed by atoms with Crippen molar-refractivity contribution in [2.24, 2.45) is 5.73 Å². The van der Waals surface area contributed by atoms with Crippen molar-refractivity contribution >= 4 is 0 Å². The summed E-state index contributed by atoms with van der Waals surface area (Å²) in [5, 5.41) is 0. The average Bonchev–Trinajstić information content (AvgIpc) is 2.48. The van der Waals surface area contributed by atoms with Crippen molar-refractivity contribution < 1.29 is 4.74 Å². The molecule has 2 N–H and O–H groups in total. The maximum absolute atomic E-state index is 6.31. The van der Waals surface area contributed by atoms with E-state index in [0.29, 0.717) is 12.1 Å². The largest absolute Gasteiger partial charge is 0.375 e. The summed E-state index contributed by atoms with van der Waals surface area (Å²) in [6.45, 7) is 3.90. The van der Waals surface area contributed by atoms with Crippen molar-refractivity contribution in [1.82, 2.24) is 9.88 Å². The van der Waals surface area contributed by atoms with Crippen LogP contribution >= 0.6 is 0 Å². The van der Waals surface area contributed by atoms with Gasteiger partial charge in [0.15, 0.2) is 0 Å². The molecule has 0 radical (unpaired) electrons. The Morgan fingerprint density at radius 2 is 2.25 bits per heavy atom. The van der Waals surface area contributed by atoms with E-state index in [1.807, 2.05) is 18.5 Å². The minimum absolute atomic E-state index is 0.0971. The van der Waals surface area contributed by atoms with E-state index in [0.717, 1.165) is 13.2 Å². The molecular formula is C16H25N3O. The zero-order chi connectivity index (χ0) is 13.9. The third-order valence-corrected chi connectivity index (χ3v) is 4.66. The van der Waals surface area contributed by atoms with Gasteiger partial charge in [0, 0.05) is 31.0 Å². The molecule has 1 aromatic rings. The number of aromatic nitrogens is 1. The highest BCUT2D eigenvalue weighted by atomic mass is 16.5. The van der Waals surface area contributed by atoms with Gasteiger partial charge in [0.25, 0.3) is 0 Å². The van der Waals surface area contributed by atoms with Crippen LogP contribution in [0.15, 0.2) is 24.5 Å². The molecule has 1 saturated carbocycles. The predicted molar refractivity (Wildman–Crippen MR) is 79.3 cm³/mol. The van der Waals surface area contributed by atoms with Gasteiger partial charge in [-0.2, -0.15) is 0 Å². The molecule has 110 valence electrons. The van der Waals surface area contributed by atoms with Crippen LogP contribution in [0.5, 0.6) is 0 Å². The normalized spacial score (nSPS) is 30.5. The number of hydrogen-bond donors (Lipinski definition) is 1. The molecule has 2 aliphatic rings. The average molecular weight is 275 g/mol. The number of fused-ring (bicyclic) bond motifs is 1. The van der Waals surface area contributed by atoms with E-state index < -0.39 is 0 Å². The second kappa shape index (κ2) is 6.20. The molecule has 0 aromatic carbocycles. The summed E-state index contributed by atoms with van der Waals surface area (Å²) in [6.07, 6.45) is 9.21. The quantitative estimate of drug-likeness (QED) is 0.918. The first-order valence-corrected chi connectivity index (χ1v) is 7.80. The molecular weight excluding hydrogens is 250 g/mol. The molecule has 20 heavy (non-hydrogen) atoms. The van der Waals surface area contributed by atoms with Gasteiger partial charge in [-0.3, -0.25) is 9.88 Å². The second-order valence-electron chi connectivity index (χ2n) is 6.09. The van der Waals surface area contributed by atoms with Gasteiger partial charge in [-0.1, -0.05) is 18.9 Å². The molecule has 1 aliphatic carbocycles. The molecule has 4 heteroatoms. The van der Waals surface area contributed by atoms with Gasteiger partial charge in [-0.05, 0) is 31.4 Å².